The van der Waals surface area contributed by atoms with Crippen LogP contribution in [0, 0.1) is 12.3 Å². The van der Waals surface area contributed by atoms with E-state index in [1.54, 1.807) is 18.2 Å². The highest BCUT2D eigenvalue weighted by atomic mass is 32.2. The van der Waals surface area contributed by atoms with Gasteiger partial charge in [0.2, 0.25) is 11.1 Å². The van der Waals surface area contributed by atoms with E-state index in [9.17, 15) is 9.59 Å². The van der Waals surface area contributed by atoms with Crippen LogP contribution in [-0.4, -0.2) is 64.1 Å². The molecule has 0 atom stereocenters. The van der Waals surface area contributed by atoms with Gasteiger partial charge in [0, 0.05) is 13.1 Å². The topological polar surface area (TPSA) is 108 Å². The number of aryl methyl sites for hydroxylation is 1. The summed E-state index contributed by atoms with van der Waals surface area (Å²) in [5.41, 5.74) is 2.05. The lowest BCUT2D eigenvalue weighted by molar-refractivity contribution is -0.130. The first-order valence-corrected chi connectivity index (χ1v) is 13.5. The van der Waals surface area contributed by atoms with Gasteiger partial charge in [0.25, 0.3) is 5.91 Å². The normalized spacial score (nSPS) is 18.3. The lowest BCUT2D eigenvalue weighted by Gasteiger charge is -2.26. The minimum absolute atomic E-state index is 0.0223. The molecule has 2 aromatic carbocycles. The predicted octanol–water partition coefficient (Wildman–Crippen LogP) is 4.47. The number of thioether (sulfide) groups is 1. The van der Waals surface area contributed by atoms with Crippen LogP contribution in [0.4, 0.5) is 0 Å². The van der Waals surface area contributed by atoms with E-state index in [0.29, 0.717) is 29.2 Å². The molecule has 0 bridgehead atoms. The van der Waals surface area contributed by atoms with Crippen LogP contribution in [0.1, 0.15) is 36.8 Å². The number of nitrogens with one attached hydrogen (secondary N) is 1. The highest BCUT2D eigenvalue weighted by molar-refractivity contribution is 8.27. The minimum Gasteiger partial charge on any atom is -0.490 e. The van der Waals surface area contributed by atoms with Crippen molar-refractivity contribution in [1.82, 2.24) is 9.91 Å². The van der Waals surface area contributed by atoms with Crippen LogP contribution in [0.5, 0.6) is 11.5 Å². The molecule has 1 saturated heterocycles. The fraction of sp³-hybridized carbons (Fsp3) is 0.321. The van der Waals surface area contributed by atoms with Gasteiger partial charge in [-0.05, 0) is 73.9 Å². The number of ether oxygens (including phenoxy) is 2. The van der Waals surface area contributed by atoms with Gasteiger partial charge in [-0.1, -0.05) is 29.8 Å². The summed E-state index contributed by atoms with van der Waals surface area (Å²) in [5, 5.41) is 15.2. The molecule has 5 rings (SSSR count). The van der Waals surface area contributed by atoms with E-state index in [1.807, 2.05) is 48.2 Å². The molecule has 0 unspecified atom stereocenters. The highest BCUT2D eigenvalue weighted by Gasteiger charge is 2.36. The van der Waals surface area contributed by atoms with Gasteiger partial charge in [-0.3, -0.25) is 15.0 Å². The Morgan fingerprint density at radius 2 is 1.63 bits per heavy atom. The van der Waals surface area contributed by atoms with Crippen molar-refractivity contribution in [3.63, 3.8) is 0 Å². The summed E-state index contributed by atoms with van der Waals surface area (Å²) < 4.78 is 11.4. The molecule has 3 heterocycles. The molecular weight excluding hydrogens is 502 g/mol. The van der Waals surface area contributed by atoms with Crippen molar-refractivity contribution in [2.75, 3.05) is 26.3 Å². The molecule has 3 aliphatic rings. The number of rotatable bonds is 8. The molecule has 196 valence electrons. The second-order valence-corrected chi connectivity index (χ2v) is 10.3. The zero-order valence-electron chi connectivity index (χ0n) is 21.2. The van der Waals surface area contributed by atoms with Crippen LogP contribution in [0.3, 0.4) is 0 Å². The van der Waals surface area contributed by atoms with Gasteiger partial charge in [-0.15, -0.1) is 0 Å². The smallest absolute Gasteiger partial charge is 0.283 e. The Bertz CT molecular complexity index is 1310. The van der Waals surface area contributed by atoms with Crippen molar-refractivity contribution in [3.05, 3.63) is 65.2 Å². The van der Waals surface area contributed by atoms with Crippen LogP contribution in [0.15, 0.2) is 64.2 Å². The number of aliphatic imine (C=N–C) groups is 1. The number of nitrogens with zero attached hydrogens (tertiary/aromatic N) is 4. The largest absolute Gasteiger partial charge is 0.490 e. The van der Waals surface area contributed by atoms with Crippen LogP contribution >= 0.6 is 11.8 Å². The third-order valence-corrected chi connectivity index (χ3v) is 7.25. The summed E-state index contributed by atoms with van der Waals surface area (Å²) in [5.74, 6) is 0.943. The maximum atomic E-state index is 12.7. The zero-order valence-corrected chi connectivity index (χ0v) is 22.0. The van der Waals surface area contributed by atoms with Crippen LogP contribution in [0.2, 0.25) is 0 Å². The maximum Gasteiger partial charge on any atom is 0.283 e. The lowest BCUT2D eigenvalue weighted by Crippen LogP contribution is -2.36. The molecule has 2 amide bonds. The van der Waals surface area contributed by atoms with Gasteiger partial charge in [-0.25, -0.2) is 0 Å². The Morgan fingerprint density at radius 1 is 1.00 bits per heavy atom. The molecule has 1 fully saturated rings. The lowest BCUT2D eigenvalue weighted by atomic mass is 10.1. The fourth-order valence-corrected chi connectivity index (χ4v) is 5.14. The summed E-state index contributed by atoms with van der Waals surface area (Å²) in [6.07, 6.45) is 4.96. The summed E-state index contributed by atoms with van der Waals surface area (Å²) in [6, 6.07) is 15.1. The molecule has 38 heavy (non-hydrogen) atoms. The number of likely N-dealkylation sites (tertiary alicyclic amines) is 1. The van der Waals surface area contributed by atoms with Crippen molar-refractivity contribution in [1.29, 1.82) is 5.41 Å². The van der Waals surface area contributed by atoms with Crippen molar-refractivity contribution in [2.24, 2.45) is 10.1 Å². The van der Waals surface area contributed by atoms with Gasteiger partial charge >= 0.3 is 0 Å². The molecule has 3 aliphatic heterocycles. The average Bonchev–Trinajstić information content (AvgIpc) is 3.33. The van der Waals surface area contributed by atoms with Crippen molar-refractivity contribution in [2.45, 2.75) is 32.6 Å². The quantitative estimate of drug-likeness (QED) is 0.398. The number of amides is 2. The number of hydrogen-bond acceptors (Lipinski definition) is 7. The van der Waals surface area contributed by atoms with E-state index in [0.717, 1.165) is 43.7 Å². The first-order valence-electron chi connectivity index (χ1n) is 12.7. The number of carbonyl (C=O) groups is 2. The third kappa shape index (κ3) is 6.13. The van der Waals surface area contributed by atoms with E-state index >= 15 is 0 Å². The van der Waals surface area contributed by atoms with E-state index in [2.05, 4.69) is 10.1 Å². The number of hydrogen-bond donors (Lipinski definition) is 1. The predicted molar refractivity (Wildman–Crippen MR) is 149 cm³/mol. The van der Waals surface area contributed by atoms with Gasteiger partial charge in [0.05, 0.1) is 12.0 Å². The molecule has 1 N–H and O–H groups in total. The number of benzene rings is 2. The van der Waals surface area contributed by atoms with E-state index < -0.39 is 5.91 Å². The van der Waals surface area contributed by atoms with Gasteiger partial charge in [0.1, 0.15) is 29.8 Å². The molecule has 0 aliphatic carbocycles. The van der Waals surface area contributed by atoms with Crippen LogP contribution < -0.4 is 9.47 Å². The molecule has 0 spiro atoms. The molecule has 10 heteroatoms. The first kappa shape index (κ1) is 25.7. The highest BCUT2D eigenvalue weighted by Crippen LogP contribution is 2.30. The Kier molecular flexibility index (Phi) is 7.88. The number of amidine groups is 2. The number of fused-ring (bicyclic) bond motifs is 1. The van der Waals surface area contributed by atoms with Crippen molar-refractivity contribution in [3.8, 4) is 11.5 Å². The van der Waals surface area contributed by atoms with Crippen molar-refractivity contribution >= 4 is 45.7 Å². The zero-order chi connectivity index (χ0) is 26.5. The molecule has 0 aromatic heterocycles. The summed E-state index contributed by atoms with van der Waals surface area (Å²) in [6.45, 7) is 4.38. The average molecular weight is 532 g/mol. The monoisotopic (exact) mass is 531 g/mol. The van der Waals surface area contributed by atoms with Crippen LogP contribution in [-0.2, 0) is 9.59 Å². The fourth-order valence-electron chi connectivity index (χ4n) is 4.27. The van der Waals surface area contributed by atoms with Crippen molar-refractivity contribution < 1.29 is 19.1 Å². The summed E-state index contributed by atoms with van der Waals surface area (Å²) in [4.78, 5) is 31.3. The molecular formula is C28H29N5O4S. The molecule has 0 saturated carbocycles. The van der Waals surface area contributed by atoms with Gasteiger partial charge in [0.15, 0.2) is 5.84 Å². The number of carbonyl (C=O) groups excluding carboxylic acids is 2. The summed E-state index contributed by atoms with van der Waals surface area (Å²) in [7, 11) is 0. The van der Waals surface area contributed by atoms with E-state index in [4.69, 9.17) is 14.9 Å². The van der Waals surface area contributed by atoms with Crippen LogP contribution in [0.25, 0.3) is 6.08 Å². The molecule has 0 radical (unpaired) electrons. The second kappa shape index (κ2) is 11.6. The van der Waals surface area contributed by atoms with Gasteiger partial charge < -0.3 is 14.4 Å². The molecule has 2 aromatic rings. The Hall–Kier alpha value is -3.92. The van der Waals surface area contributed by atoms with Gasteiger partial charge in [-0.2, -0.15) is 15.1 Å². The minimum atomic E-state index is -0.499. The second-order valence-electron chi connectivity index (χ2n) is 9.21. The number of piperidine rings is 1. The molecule has 9 nitrogen and oxygen atoms in total. The summed E-state index contributed by atoms with van der Waals surface area (Å²) >= 11 is 1.18. The Balaban J connectivity index is 1.17. The first-order chi connectivity index (χ1) is 18.5. The Labute approximate surface area is 225 Å². The standard InChI is InChI=1S/C28H29N5O4S/c1-19-5-9-21(10-6-19)36-15-16-37-22-11-7-20(8-12-22)17-23-26(29)33-28(30-27(23)35)38-24(31-33)18-25(34)32-13-3-2-4-14-32/h5-12,17,29H,2-4,13-16,18H2,1H3/b23-17-,29-26?. The third-order valence-electron chi connectivity index (χ3n) is 6.34. The number of hydrazone groups is 1. The SMILES string of the molecule is Cc1ccc(OCCOc2ccc(/C=C3/C(=N)N4N=C(CC(=O)N5CCCCC5)SC4=NC3=O)cc2)cc1. The maximum absolute atomic E-state index is 12.7. The van der Waals surface area contributed by atoms with E-state index in [-0.39, 0.29) is 23.7 Å². The Morgan fingerprint density at radius 3 is 2.29 bits per heavy atom. The van der Waals surface area contributed by atoms with E-state index in [1.165, 1.54) is 22.3 Å².